The Morgan fingerprint density at radius 2 is 1.66 bits per heavy atom. The van der Waals surface area contributed by atoms with Crippen LogP contribution in [-0.2, 0) is 30.4 Å². The number of hydrogen-bond acceptors (Lipinski definition) is 8. The SMILES string of the molecule is CC1(C)OB([C@H](CCCc2ccccc2)NC(=O)[C@@H](CCS(C)(=O)=O)NC(=O)c2cnccn2)OC1(C)C. The first-order chi connectivity index (χ1) is 17.8. The highest BCUT2D eigenvalue weighted by Crippen LogP contribution is 2.38. The molecule has 1 aliphatic rings. The van der Waals surface area contributed by atoms with Crippen molar-refractivity contribution in [3.8, 4) is 0 Å². The molecule has 0 saturated carbocycles. The van der Waals surface area contributed by atoms with E-state index >= 15 is 0 Å². The molecule has 206 valence electrons. The van der Waals surface area contributed by atoms with Crippen molar-refractivity contribution in [2.45, 2.75) is 76.6 Å². The molecule has 0 aliphatic carbocycles. The molecular weight excluding hydrogens is 507 g/mol. The highest BCUT2D eigenvalue weighted by molar-refractivity contribution is 7.90. The van der Waals surface area contributed by atoms with Crippen LogP contribution in [0.1, 0.15) is 63.0 Å². The molecule has 2 amide bonds. The van der Waals surface area contributed by atoms with Crippen LogP contribution in [-0.4, -0.2) is 72.5 Å². The van der Waals surface area contributed by atoms with Gasteiger partial charge >= 0.3 is 7.12 Å². The number of nitrogens with one attached hydrogen (secondary N) is 2. The Balaban J connectivity index is 1.77. The summed E-state index contributed by atoms with van der Waals surface area (Å²) in [5.41, 5.74) is -0.00451. The summed E-state index contributed by atoms with van der Waals surface area (Å²) < 4.78 is 36.2. The number of aromatic nitrogens is 2. The van der Waals surface area contributed by atoms with E-state index in [4.69, 9.17) is 9.31 Å². The van der Waals surface area contributed by atoms with Crippen molar-refractivity contribution >= 4 is 28.8 Å². The summed E-state index contributed by atoms with van der Waals surface area (Å²) in [6.45, 7) is 7.75. The Kier molecular flexibility index (Phi) is 9.67. The molecular formula is C26H37BN4O6S. The van der Waals surface area contributed by atoms with Gasteiger partial charge in [0.25, 0.3) is 5.91 Å². The lowest BCUT2D eigenvalue weighted by atomic mass is 9.75. The van der Waals surface area contributed by atoms with Crippen LogP contribution in [0.4, 0.5) is 0 Å². The molecule has 0 radical (unpaired) electrons. The van der Waals surface area contributed by atoms with E-state index in [0.717, 1.165) is 19.1 Å². The minimum Gasteiger partial charge on any atom is -0.402 e. The summed E-state index contributed by atoms with van der Waals surface area (Å²) in [6, 6.07) is 8.91. The van der Waals surface area contributed by atoms with Gasteiger partial charge in [0.15, 0.2) is 0 Å². The molecule has 1 aromatic carbocycles. The maximum Gasteiger partial charge on any atom is 0.481 e. The molecule has 2 atom stereocenters. The van der Waals surface area contributed by atoms with Crippen LogP contribution in [0, 0.1) is 0 Å². The van der Waals surface area contributed by atoms with E-state index in [1.165, 1.54) is 24.2 Å². The van der Waals surface area contributed by atoms with Crippen LogP contribution in [0.2, 0.25) is 0 Å². The number of nitrogens with zero attached hydrogens (tertiary/aromatic N) is 2. The number of aryl methyl sites for hydroxylation is 1. The number of rotatable bonds is 12. The molecule has 1 saturated heterocycles. The number of carbonyl (C=O) groups is 2. The van der Waals surface area contributed by atoms with E-state index in [1.807, 2.05) is 58.0 Å². The molecule has 38 heavy (non-hydrogen) atoms. The zero-order valence-corrected chi connectivity index (χ0v) is 23.5. The fourth-order valence-corrected chi connectivity index (χ4v) is 4.70. The molecule has 2 heterocycles. The molecule has 2 N–H and O–H groups in total. The molecule has 3 rings (SSSR count). The zero-order chi connectivity index (χ0) is 28.0. The van der Waals surface area contributed by atoms with E-state index in [1.54, 1.807) is 0 Å². The van der Waals surface area contributed by atoms with E-state index in [9.17, 15) is 18.0 Å². The predicted octanol–water partition coefficient (Wildman–Crippen LogP) is 2.15. The molecule has 0 spiro atoms. The second-order valence-corrected chi connectivity index (χ2v) is 12.9. The molecule has 12 heteroatoms. The summed E-state index contributed by atoms with van der Waals surface area (Å²) in [6.07, 6.45) is 7.15. The fourth-order valence-electron chi connectivity index (χ4n) is 4.03. The Bertz CT molecular complexity index is 1180. The summed E-state index contributed by atoms with van der Waals surface area (Å²) in [5, 5.41) is 5.60. The van der Waals surface area contributed by atoms with Gasteiger partial charge in [0, 0.05) is 18.6 Å². The van der Waals surface area contributed by atoms with Crippen molar-refractivity contribution in [2.75, 3.05) is 12.0 Å². The first kappa shape index (κ1) is 29.7. The Hall–Kier alpha value is -2.83. The van der Waals surface area contributed by atoms with Crippen molar-refractivity contribution in [1.82, 2.24) is 20.6 Å². The average Bonchev–Trinajstić information content (AvgIpc) is 3.08. The van der Waals surface area contributed by atoms with Crippen molar-refractivity contribution in [2.24, 2.45) is 0 Å². The normalized spacial score (nSPS) is 18.0. The van der Waals surface area contributed by atoms with Crippen LogP contribution in [0.3, 0.4) is 0 Å². The number of sulfone groups is 1. The van der Waals surface area contributed by atoms with E-state index in [2.05, 4.69) is 20.6 Å². The molecule has 1 aromatic heterocycles. The smallest absolute Gasteiger partial charge is 0.402 e. The van der Waals surface area contributed by atoms with Crippen molar-refractivity contribution in [1.29, 1.82) is 0 Å². The van der Waals surface area contributed by atoms with Gasteiger partial charge in [-0.05, 0) is 58.9 Å². The third kappa shape index (κ3) is 8.34. The maximum absolute atomic E-state index is 13.5. The van der Waals surface area contributed by atoms with Crippen LogP contribution in [0.15, 0.2) is 48.9 Å². The third-order valence-corrected chi connectivity index (χ3v) is 7.92. The van der Waals surface area contributed by atoms with Gasteiger partial charge in [-0.3, -0.25) is 14.6 Å². The van der Waals surface area contributed by atoms with Gasteiger partial charge in [-0.2, -0.15) is 0 Å². The minimum atomic E-state index is -3.38. The Morgan fingerprint density at radius 1 is 1.00 bits per heavy atom. The third-order valence-electron chi connectivity index (χ3n) is 6.95. The standard InChI is InChI=1S/C26H37BN4O6S/c1-25(2)26(3,4)37-27(36-25)22(13-9-12-19-10-7-6-8-11-19)31-23(32)20(14-17-38(5,34)35)30-24(33)21-18-28-15-16-29-21/h6-8,10-11,15-16,18,20,22H,9,12-14,17H2,1-5H3,(H,30,33)(H,31,32)/t20-,22+/m1/s1. The summed E-state index contributed by atoms with van der Waals surface area (Å²) in [5.74, 6) is -1.95. The van der Waals surface area contributed by atoms with Crippen LogP contribution < -0.4 is 10.6 Å². The highest BCUT2D eigenvalue weighted by atomic mass is 32.2. The minimum absolute atomic E-state index is 0.0232. The van der Waals surface area contributed by atoms with E-state index < -0.39 is 52.0 Å². The predicted molar refractivity (Wildman–Crippen MR) is 145 cm³/mol. The lowest BCUT2D eigenvalue weighted by Crippen LogP contribution is -2.55. The van der Waals surface area contributed by atoms with Gasteiger partial charge in [-0.15, -0.1) is 0 Å². The second kappa shape index (κ2) is 12.4. The molecule has 1 fully saturated rings. The van der Waals surface area contributed by atoms with E-state index in [0.29, 0.717) is 6.42 Å². The van der Waals surface area contributed by atoms with Gasteiger partial charge in [-0.25, -0.2) is 13.4 Å². The quantitative estimate of drug-likeness (QED) is 0.388. The Labute approximate surface area is 225 Å². The molecule has 1 aliphatic heterocycles. The number of hydrogen-bond donors (Lipinski definition) is 2. The van der Waals surface area contributed by atoms with Crippen LogP contribution in [0.5, 0.6) is 0 Å². The first-order valence-electron chi connectivity index (χ1n) is 12.7. The number of amides is 2. The van der Waals surface area contributed by atoms with Crippen LogP contribution in [0.25, 0.3) is 0 Å². The van der Waals surface area contributed by atoms with Gasteiger partial charge in [0.2, 0.25) is 5.91 Å². The zero-order valence-electron chi connectivity index (χ0n) is 22.6. The monoisotopic (exact) mass is 544 g/mol. The Morgan fingerprint density at radius 3 is 2.24 bits per heavy atom. The first-order valence-corrected chi connectivity index (χ1v) is 14.8. The topological polar surface area (TPSA) is 137 Å². The number of carbonyl (C=O) groups excluding carboxylic acids is 2. The molecule has 0 bridgehead atoms. The van der Waals surface area contributed by atoms with Crippen molar-refractivity contribution in [3.05, 3.63) is 60.2 Å². The molecule has 10 nitrogen and oxygen atoms in total. The largest absolute Gasteiger partial charge is 0.481 e. The maximum atomic E-state index is 13.5. The molecule has 2 aromatic rings. The fraction of sp³-hybridized carbons (Fsp3) is 0.538. The summed E-state index contributed by atoms with van der Waals surface area (Å²) in [7, 11) is -4.10. The van der Waals surface area contributed by atoms with Crippen molar-refractivity contribution < 1.29 is 27.3 Å². The lowest BCUT2D eigenvalue weighted by Gasteiger charge is -2.32. The van der Waals surface area contributed by atoms with Gasteiger partial charge in [0.05, 0.1) is 29.1 Å². The number of benzene rings is 1. The summed E-state index contributed by atoms with van der Waals surface area (Å²) >= 11 is 0. The van der Waals surface area contributed by atoms with E-state index in [-0.39, 0.29) is 17.9 Å². The lowest BCUT2D eigenvalue weighted by molar-refractivity contribution is -0.123. The summed E-state index contributed by atoms with van der Waals surface area (Å²) in [4.78, 5) is 34.1. The van der Waals surface area contributed by atoms with Gasteiger partial charge in [0.1, 0.15) is 21.6 Å². The second-order valence-electron chi connectivity index (χ2n) is 10.7. The average molecular weight is 544 g/mol. The molecule has 0 unspecified atom stereocenters. The van der Waals surface area contributed by atoms with Crippen molar-refractivity contribution in [3.63, 3.8) is 0 Å². The highest BCUT2D eigenvalue weighted by Gasteiger charge is 2.54. The van der Waals surface area contributed by atoms with Gasteiger partial charge in [-0.1, -0.05) is 30.3 Å². The van der Waals surface area contributed by atoms with Gasteiger partial charge < -0.3 is 19.9 Å². The van der Waals surface area contributed by atoms with Crippen LogP contribution >= 0.6 is 0 Å².